The van der Waals surface area contributed by atoms with Gasteiger partial charge in [0, 0.05) is 11.9 Å². The number of nitrogens with two attached hydrogens (primary N) is 2. The van der Waals surface area contributed by atoms with Crippen LogP contribution < -0.4 is 27.1 Å². The quantitative estimate of drug-likeness (QED) is 0.136. The smallest absolute Gasteiger partial charge is 0.275 e. The molecule has 0 saturated carbocycles. The van der Waals surface area contributed by atoms with E-state index in [2.05, 4.69) is 15.2 Å². The van der Waals surface area contributed by atoms with Crippen LogP contribution in [0.15, 0.2) is 56.1 Å². The summed E-state index contributed by atoms with van der Waals surface area (Å²) in [5.74, 6) is -0.821. The van der Waals surface area contributed by atoms with Crippen LogP contribution in [0.4, 0.5) is 5.69 Å². The van der Waals surface area contributed by atoms with Gasteiger partial charge in [0.2, 0.25) is 11.9 Å². The van der Waals surface area contributed by atoms with Crippen LogP contribution >= 0.6 is 0 Å². The summed E-state index contributed by atoms with van der Waals surface area (Å²) in [4.78, 5) is 28.8. The number of hydrogen-bond donors (Lipinski definition) is 4. The van der Waals surface area contributed by atoms with Gasteiger partial charge in [0.1, 0.15) is 23.7 Å². The lowest BCUT2D eigenvalue weighted by atomic mass is 10.3. The highest BCUT2D eigenvalue weighted by molar-refractivity contribution is 7.95. The van der Waals surface area contributed by atoms with Crippen molar-refractivity contribution in [2.75, 3.05) is 24.1 Å². The SMILES string of the molecule is C.Cc1ccc(NS(=O)(=O)c2ccccc2S(C)(=O)=O)c(=O)n1CC(=O)NCCON=C(N)N. The molecule has 0 aliphatic carbocycles. The Bertz CT molecular complexity index is 1330. The van der Waals surface area contributed by atoms with Crippen LogP contribution in [0, 0.1) is 6.92 Å². The Morgan fingerprint density at radius 3 is 2.29 bits per heavy atom. The number of guanidine groups is 1. The number of aromatic nitrogens is 1. The molecule has 13 nitrogen and oxygen atoms in total. The number of sulfone groups is 1. The molecule has 0 unspecified atom stereocenters. The van der Waals surface area contributed by atoms with Crippen molar-refractivity contribution in [1.82, 2.24) is 9.88 Å². The number of benzene rings is 1. The Balaban J connectivity index is 0.00000578. The third-order valence-corrected chi connectivity index (χ3v) is 6.87. The molecule has 0 atom stereocenters. The number of carbonyl (C=O) groups excluding carboxylic acids is 1. The van der Waals surface area contributed by atoms with E-state index in [1.807, 2.05) is 0 Å². The monoisotopic (exact) mass is 516 g/mol. The van der Waals surface area contributed by atoms with Crippen LogP contribution in [-0.2, 0) is 36.0 Å². The number of rotatable bonds is 10. The van der Waals surface area contributed by atoms with Crippen molar-refractivity contribution in [2.45, 2.75) is 30.7 Å². The van der Waals surface area contributed by atoms with E-state index < -0.39 is 47.7 Å². The lowest BCUT2D eigenvalue weighted by Gasteiger charge is -2.14. The number of nitrogens with zero attached hydrogens (tertiary/aromatic N) is 2. The number of carbonyl (C=O) groups is 1. The molecule has 188 valence electrons. The average molecular weight is 517 g/mol. The van der Waals surface area contributed by atoms with E-state index in [1.54, 1.807) is 6.92 Å². The standard InChI is InChI=1S/C18H24N6O7S2.CH4/c1-12-7-8-13(17(26)24(12)11-16(25)21-9-10-31-22-18(19)20)23-33(29,30)15-6-4-3-5-14(15)32(2,27)28;/h3-8,23H,9-11H2,1-2H3,(H,21,25)(H4,19,20,22);1H4. The summed E-state index contributed by atoms with van der Waals surface area (Å²) in [6.45, 7) is 1.20. The maximum absolute atomic E-state index is 12.8. The number of nitrogens with one attached hydrogen (secondary N) is 2. The molecule has 1 amide bonds. The lowest BCUT2D eigenvalue weighted by molar-refractivity contribution is -0.122. The summed E-state index contributed by atoms with van der Waals surface area (Å²) in [5.41, 5.74) is 9.44. The number of aryl methyl sites for hydroxylation is 1. The number of amides is 1. The third-order valence-electron chi connectivity index (χ3n) is 4.16. The van der Waals surface area contributed by atoms with Gasteiger partial charge in [-0.15, -0.1) is 0 Å². The molecule has 0 saturated heterocycles. The number of oxime groups is 1. The largest absolute Gasteiger partial charge is 0.391 e. The van der Waals surface area contributed by atoms with Gasteiger partial charge in [0.05, 0.1) is 11.4 Å². The Kier molecular flexibility index (Phi) is 9.63. The highest BCUT2D eigenvalue weighted by Crippen LogP contribution is 2.22. The number of hydrogen-bond acceptors (Lipinski definition) is 8. The van der Waals surface area contributed by atoms with Gasteiger partial charge in [-0.1, -0.05) is 19.6 Å². The van der Waals surface area contributed by atoms with Crippen LogP contribution in [0.3, 0.4) is 0 Å². The molecule has 0 radical (unpaired) electrons. The van der Waals surface area contributed by atoms with E-state index in [-0.39, 0.29) is 32.2 Å². The summed E-state index contributed by atoms with van der Waals surface area (Å²) < 4.78 is 52.8. The van der Waals surface area contributed by atoms with Crippen LogP contribution in [0.5, 0.6) is 0 Å². The molecule has 0 aliphatic rings. The van der Waals surface area contributed by atoms with Crippen molar-refractivity contribution in [3.63, 3.8) is 0 Å². The molecule has 6 N–H and O–H groups in total. The van der Waals surface area contributed by atoms with Crippen LogP contribution in [0.1, 0.15) is 13.1 Å². The highest BCUT2D eigenvalue weighted by Gasteiger charge is 2.25. The topological polar surface area (TPSA) is 205 Å². The maximum atomic E-state index is 12.8. The number of pyridine rings is 1. The molecular weight excluding hydrogens is 488 g/mol. The lowest BCUT2D eigenvalue weighted by Crippen LogP contribution is -2.36. The van der Waals surface area contributed by atoms with Crippen molar-refractivity contribution >= 4 is 37.4 Å². The molecule has 2 rings (SSSR count). The highest BCUT2D eigenvalue weighted by atomic mass is 32.2. The van der Waals surface area contributed by atoms with E-state index in [1.165, 1.54) is 24.3 Å². The van der Waals surface area contributed by atoms with Gasteiger partial charge in [0.15, 0.2) is 9.84 Å². The molecule has 15 heteroatoms. The molecule has 0 aliphatic heterocycles. The minimum absolute atomic E-state index is 0. The third kappa shape index (κ3) is 7.48. The van der Waals surface area contributed by atoms with Crippen molar-refractivity contribution < 1.29 is 26.5 Å². The zero-order chi connectivity index (χ0) is 24.8. The molecule has 34 heavy (non-hydrogen) atoms. The Labute approximate surface area is 197 Å². The summed E-state index contributed by atoms with van der Waals surface area (Å²) in [6.07, 6.45) is 0.876. The van der Waals surface area contributed by atoms with E-state index in [0.717, 1.165) is 23.0 Å². The van der Waals surface area contributed by atoms with E-state index in [0.29, 0.717) is 5.69 Å². The predicted octanol–water partition coefficient (Wildman–Crippen LogP) is -0.682. The Morgan fingerprint density at radius 2 is 1.71 bits per heavy atom. The fraction of sp³-hybridized carbons (Fsp3) is 0.316. The second-order valence-electron chi connectivity index (χ2n) is 6.80. The molecule has 2 aromatic rings. The molecule has 1 heterocycles. The maximum Gasteiger partial charge on any atom is 0.275 e. The molecule has 1 aromatic heterocycles. The first-order valence-electron chi connectivity index (χ1n) is 9.33. The first kappa shape index (κ1) is 28.4. The van der Waals surface area contributed by atoms with Gasteiger partial charge < -0.3 is 26.2 Å². The van der Waals surface area contributed by atoms with Gasteiger partial charge in [-0.25, -0.2) is 16.8 Å². The first-order chi connectivity index (χ1) is 15.3. The van der Waals surface area contributed by atoms with E-state index >= 15 is 0 Å². The summed E-state index contributed by atoms with van der Waals surface area (Å²) in [7, 11) is -8.28. The van der Waals surface area contributed by atoms with Crippen molar-refractivity contribution in [3.05, 3.63) is 52.4 Å². The van der Waals surface area contributed by atoms with Gasteiger partial charge in [0.25, 0.3) is 15.6 Å². The van der Waals surface area contributed by atoms with Crippen LogP contribution in [-0.4, -0.2) is 52.7 Å². The fourth-order valence-corrected chi connectivity index (χ4v) is 5.37. The van der Waals surface area contributed by atoms with Gasteiger partial charge >= 0.3 is 0 Å². The Morgan fingerprint density at radius 1 is 1.09 bits per heavy atom. The zero-order valence-corrected chi connectivity index (χ0v) is 19.4. The second-order valence-corrected chi connectivity index (χ2v) is 10.4. The first-order valence-corrected chi connectivity index (χ1v) is 12.7. The van der Waals surface area contributed by atoms with Crippen LogP contribution in [0.25, 0.3) is 0 Å². The summed E-state index contributed by atoms with van der Waals surface area (Å²) in [6, 6.07) is 7.68. The summed E-state index contributed by atoms with van der Waals surface area (Å²) >= 11 is 0. The summed E-state index contributed by atoms with van der Waals surface area (Å²) in [5, 5.41) is 5.79. The molecular formula is C19H28N6O7S2. The minimum Gasteiger partial charge on any atom is -0.391 e. The Hall–Kier alpha value is -3.59. The number of anilines is 1. The van der Waals surface area contributed by atoms with Gasteiger partial charge in [-0.05, 0) is 36.3 Å². The fourth-order valence-electron chi connectivity index (χ4n) is 2.68. The average Bonchev–Trinajstić information content (AvgIpc) is 2.72. The van der Waals surface area contributed by atoms with Crippen LogP contribution in [0.2, 0.25) is 0 Å². The van der Waals surface area contributed by atoms with Crippen molar-refractivity contribution in [2.24, 2.45) is 16.6 Å². The number of sulfonamides is 1. The van der Waals surface area contributed by atoms with Gasteiger partial charge in [-0.3, -0.25) is 14.3 Å². The molecule has 0 fully saturated rings. The normalized spacial score (nSPS) is 11.1. The van der Waals surface area contributed by atoms with Crippen molar-refractivity contribution in [3.8, 4) is 0 Å². The zero-order valence-electron chi connectivity index (χ0n) is 17.8. The van der Waals surface area contributed by atoms with E-state index in [4.69, 9.17) is 16.3 Å². The minimum atomic E-state index is -4.43. The van der Waals surface area contributed by atoms with E-state index in [9.17, 15) is 26.4 Å². The molecule has 1 aromatic carbocycles. The van der Waals surface area contributed by atoms with Gasteiger partial charge in [-0.2, -0.15) is 0 Å². The predicted molar refractivity (Wildman–Crippen MR) is 127 cm³/mol. The van der Waals surface area contributed by atoms with Crippen molar-refractivity contribution in [1.29, 1.82) is 0 Å². The molecule has 0 spiro atoms. The second kappa shape index (κ2) is 11.5. The molecule has 0 bridgehead atoms.